The standard InChI is InChI=1S/C13H21NS.C2H6/c1-3-5-11-10-15-13(12(11)4-2)6-8-14-9-7-13;1-2/h3,5,14H,4,6-10H2,1-2H3;1-2H3/b5-3-;. The highest BCUT2D eigenvalue weighted by Crippen LogP contribution is 2.49. The van der Waals surface area contributed by atoms with E-state index in [2.05, 4.69) is 43.1 Å². The van der Waals surface area contributed by atoms with E-state index in [0.717, 1.165) is 0 Å². The maximum absolute atomic E-state index is 3.47. The molecule has 0 aromatic rings. The Morgan fingerprint density at radius 1 is 1.29 bits per heavy atom. The zero-order valence-electron chi connectivity index (χ0n) is 11.8. The second-order valence-corrected chi connectivity index (χ2v) is 5.75. The summed E-state index contributed by atoms with van der Waals surface area (Å²) in [5, 5.41) is 3.47. The lowest BCUT2D eigenvalue weighted by molar-refractivity contribution is 0.450. The first kappa shape index (κ1) is 14.8. The third-order valence-electron chi connectivity index (χ3n) is 3.57. The second kappa shape index (κ2) is 7.27. The topological polar surface area (TPSA) is 12.0 Å². The fourth-order valence-electron chi connectivity index (χ4n) is 2.86. The van der Waals surface area contributed by atoms with Crippen molar-refractivity contribution in [1.82, 2.24) is 5.32 Å². The minimum atomic E-state index is 0.495. The van der Waals surface area contributed by atoms with Crippen molar-refractivity contribution in [3.63, 3.8) is 0 Å². The van der Waals surface area contributed by atoms with E-state index in [-0.39, 0.29) is 0 Å². The van der Waals surface area contributed by atoms with Gasteiger partial charge in [-0.3, -0.25) is 0 Å². The molecule has 0 saturated carbocycles. The summed E-state index contributed by atoms with van der Waals surface area (Å²) in [6.07, 6.45) is 8.38. The molecule has 2 heterocycles. The second-order valence-electron chi connectivity index (χ2n) is 4.39. The van der Waals surface area contributed by atoms with E-state index < -0.39 is 0 Å². The van der Waals surface area contributed by atoms with Crippen LogP contribution in [0.3, 0.4) is 0 Å². The molecule has 2 aliphatic heterocycles. The Morgan fingerprint density at radius 3 is 2.47 bits per heavy atom. The van der Waals surface area contributed by atoms with Gasteiger partial charge in [-0.15, -0.1) is 11.8 Å². The largest absolute Gasteiger partial charge is 0.317 e. The number of hydrogen-bond acceptors (Lipinski definition) is 2. The number of rotatable bonds is 2. The van der Waals surface area contributed by atoms with E-state index in [0.29, 0.717) is 4.75 Å². The molecule has 0 unspecified atom stereocenters. The van der Waals surface area contributed by atoms with Crippen molar-refractivity contribution in [3.05, 3.63) is 23.3 Å². The quantitative estimate of drug-likeness (QED) is 0.793. The van der Waals surface area contributed by atoms with Gasteiger partial charge in [0.15, 0.2) is 0 Å². The normalized spacial score (nSPS) is 23.1. The van der Waals surface area contributed by atoms with Crippen LogP contribution in [0.5, 0.6) is 0 Å². The van der Waals surface area contributed by atoms with Gasteiger partial charge in [-0.05, 0) is 44.8 Å². The minimum Gasteiger partial charge on any atom is -0.317 e. The van der Waals surface area contributed by atoms with Crippen LogP contribution in [0.15, 0.2) is 23.3 Å². The molecule has 1 fully saturated rings. The molecule has 17 heavy (non-hydrogen) atoms. The van der Waals surface area contributed by atoms with Gasteiger partial charge in [0, 0.05) is 10.5 Å². The third kappa shape index (κ3) is 3.17. The first-order valence-electron chi connectivity index (χ1n) is 7.02. The van der Waals surface area contributed by atoms with Crippen LogP contribution < -0.4 is 5.32 Å². The summed E-state index contributed by atoms with van der Waals surface area (Å²) in [5.74, 6) is 1.23. The van der Waals surface area contributed by atoms with E-state index in [9.17, 15) is 0 Å². The molecule has 2 aliphatic rings. The van der Waals surface area contributed by atoms with Crippen LogP contribution in [-0.2, 0) is 0 Å². The lowest BCUT2D eigenvalue weighted by Crippen LogP contribution is -2.39. The van der Waals surface area contributed by atoms with Gasteiger partial charge >= 0.3 is 0 Å². The van der Waals surface area contributed by atoms with Crippen molar-refractivity contribution < 1.29 is 0 Å². The highest BCUT2D eigenvalue weighted by Gasteiger charge is 2.40. The summed E-state index contributed by atoms with van der Waals surface area (Å²) in [7, 11) is 0. The average Bonchev–Trinajstić information content (AvgIpc) is 2.71. The van der Waals surface area contributed by atoms with E-state index >= 15 is 0 Å². The summed E-state index contributed by atoms with van der Waals surface area (Å²) >= 11 is 2.18. The van der Waals surface area contributed by atoms with Crippen LogP contribution in [0.1, 0.15) is 47.0 Å². The molecular weight excluding hydrogens is 226 g/mol. The zero-order valence-corrected chi connectivity index (χ0v) is 12.6. The Kier molecular flexibility index (Phi) is 6.35. The molecule has 1 nitrogen and oxygen atoms in total. The van der Waals surface area contributed by atoms with Crippen molar-refractivity contribution in [2.75, 3.05) is 18.8 Å². The van der Waals surface area contributed by atoms with E-state index in [1.807, 2.05) is 13.8 Å². The number of piperidine rings is 1. The highest BCUT2D eigenvalue weighted by atomic mass is 32.2. The van der Waals surface area contributed by atoms with Crippen LogP contribution in [0.2, 0.25) is 0 Å². The first-order chi connectivity index (χ1) is 8.32. The fraction of sp³-hybridized carbons (Fsp3) is 0.733. The van der Waals surface area contributed by atoms with Gasteiger partial charge < -0.3 is 5.32 Å². The van der Waals surface area contributed by atoms with E-state index in [4.69, 9.17) is 0 Å². The highest BCUT2D eigenvalue weighted by molar-refractivity contribution is 8.01. The van der Waals surface area contributed by atoms with Crippen LogP contribution in [0.25, 0.3) is 0 Å². The first-order valence-corrected chi connectivity index (χ1v) is 8.01. The Bertz CT molecular complexity index is 285. The van der Waals surface area contributed by atoms with Crippen molar-refractivity contribution in [2.45, 2.75) is 51.7 Å². The molecule has 0 atom stereocenters. The number of nitrogens with one attached hydrogen (secondary N) is 1. The Hall–Kier alpha value is -0.210. The summed E-state index contributed by atoms with van der Waals surface area (Å²) in [4.78, 5) is 0. The maximum Gasteiger partial charge on any atom is 0.0401 e. The lowest BCUT2D eigenvalue weighted by Gasteiger charge is -2.35. The summed E-state index contributed by atoms with van der Waals surface area (Å²) < 4.78 is 0.495. The molecule has 98 valence electrons. The van der Waals surface area contributed by atoms with Crippen molar-refractivity contribution in [2.24, 2.45) is 0 Å². The minimum absolute atomic E-state index is 0.495. The van der Waals surface area contributed by atoms with E-state index in [1.165, 1.54) is 38.1 Å². The Balaban J connectivity index is 0.000000686. The molecule has 2 heteroatoms. The van der Waals surface area contributed by atoms with Gasteiger partial charge in [0.2, 0.25) is 0 Å². The maximum atomic E-state index is 3.47. The number of allylic oxidation sites excluding steroid dienone is 2. The van der Waals surface area contributed by atoms with Gasteiger partial charge in [0.1, 0.15) is 0 Å². The van der Waals surface area contributed by atoms with Crippen molar-refractivity contribution in [1.29, 1.82) is 0 Å². The van der Waals surface area contributed by atoms with Crippen LogP contribution in [0.4, 0.5) is 0 Å². The molecule has 0 aromatic heterocycles. The van der Waals surface area contributed by atoms with Crippen molar-refractivity contribution in [3.8, 4) is 0 Å². The SMILES string of the molecule is C/C=C\C1=C(CC)C2(CCNCC2)SC1.CC. The molecule has 1 N–H and O–H groups in total. The predicted octanol–water partition coefficient (Wildman–Crippen LogP) is 4.16. The van der Waals surface area contributed by atoms with Crippen LogP contribution in [0, 0.1) is 0 Å². The average molecular weight is 253 g/mol. The molecule has 1 spiro atoms. The number of thioether (sulfide) groups is 1. The third-order valence-corrected chi connectivity index (χ3v) is 5.24. The van der Waals surface area contributed by atoms with Crippen LogP contribution in [-0.4, -0.2) is 23.6 Å². The molecule has 0 aliphatic carbocycles. The van der Waals surface area contributed by atoms with Gasteiger partial charge in [0.05, 0.1) is 0 Å². The smallest absolute Gasteiger partial charge is 0.0401 e. The van der Waals surface area contributed by atoms with Gasteiger partial charge in [0.25, 0.3) is 0 Å². The predicted molar refractivity (Wildman–Crippen MR) is 80.8 cm³/mol. The van der Waals surface area contributed by atoms with E-state index in [1.54, 1.807) is 11.1 Å². The molecular formula is C15H27NS. The monoisotopic (exact) mass is 253 g/mol. The molecule has 0 bridgehead atoms. The van der Waals surface area contributed by atoms with Gasteiger partial charge in [-0.1, -0.05) is 38.5 Å². The fourth-order valence-corrected chi connectivity index (χ4v) is 4.50. The van der Waals surface area contributed by atoms with Crippen LogP contribution >= 0.6 is 11.8 Å². The van der Waals surface area contributed by atoms with Gasteiger partial charge in [-0.25, -0.2) is 0 Å². The Morgan fingerprint density at radius 2 is 1.94 bits per heavy atom. The Labute approximate surface area is 111 Å². The zero-order chi connectivity index (χ0) is 12.7. The molecule has 0 amide bonds. The lowest BCUT2D eigenvalue weighted by atomic mass is 9.85. The molecule has 0 radical (unpaired) electrons. The van der Waals surface area contributed by atoms with Crippen molar-refractivity contribution >= 4 is 11.8 Å². The summed E-state index contributed by atoms with van der Waals surface area (Å²) in [6.45, 7) is 10.8. The molecule has 2 rings (SSSR count). The summed E-state index contributed by atoms with van der Waals surface area (Å²) in [5.41, 5.74) is 3.33. The van der Waals surface area contributed by atoms with Gasteiger partial charge in [-0.2, -0.15) is 0 Å². The number of hydrogen-bond donors (Lipinski definition) is 1. The summed E-state index contributed by atoms with van der Waals surface area (Å²) in [6, 6.07) is 0. The molecule has 1 saturated heterocycles. The molecule has 0 aromatic carbocycles.